The average Bonchev–Trinajstić information content (AvgIpc) is 2.69. The van der Waals surface area contributed by atoms with E-state index in [9.17, 15) is 0 Å². The first-order valence-corrected chi connectivity index (χ1v) is 4.95. The van der Waals surface area contributed by atoms with Gasteiger partial charge in [0.1, 0.15) is 0 Å². The SMILES string of the molecule is CC(C)(C)c1cccc(-c2ncon2)c1. The zero-order valence-electron chi connectivity index (χ0n) is 9.19. The van der Waals surface area contributed by atoms with Crippen LogP contribution in [-0.4, -0.2) is 10.1 Å². The van der Waals surface area contributed by atoms with Gasteiger partial charge in [0.25, 0.3) is 0 Å². The predicted octanol–water partition coefficient (Wildman–Crippen LogP) is 3.03. The lowest BCUT2D eigenvalue weighted by atomic mass is 9.86. The molecule has 0 aliphatic carbocycles. The average molecular weight is 202 g/mol. The molecule has 0 saturated heterocycles. The molecule has 2 aromatic rings. The van der Waals surface area contributed by atoms with E-state index in [4.69, 9.17) is 4.52 Å². The molecule has 78 valence electrons. The molecule has 2 rings (SSSR count). The van der Waals surface area contributed by atoms with Crippen molar-refractivity contribution in [1.82, 2.24) is 10.1 Å². The third-order valence-corrected chi connectivity index (χ3v) is 2.35. The lowest BCUT2D eigenvalue weighted by Gasteiger charge is -2.19. The van der Waals surface area contributed by atoms with E-state index in [1.54, 1.807) is 0 Å². The van der Waals surface area contributed by atoms with E-state index in [1.165, 1.54) is 12.0 Å². The number of rotatable bonds is 1. The third kappa shape index (κ3) is 2.06. The Morgan fingerprint density at radius 1 is 1.20 bits per heavy atom. The second kappa shape index (κ2) is 3.50. The minimum absolute atomic E-state index is 0.139. The van der Waals surface area contributed by atoms with Crippen LogP contribution in [0.3, 0.4) is 0 Å². The highest BCUT2D eigenvalue weighted by molar-refractivity contribution is 5.55. The van der Waals surface area contributed by atoms with Crippen molar-refractivity contribution < 1.29 is 4.52 Å². The molecule has 1 aromatic carbocycles. The molecule has 0 aliphatic heterocycles. The van der Waals surface area contributed by atoms with Crippen LogP contribution >= 0.6 is 0 Å². The molecule has 1 heterocycles. The van der Waals surface area contributed by atoms with Crippen molar-refractivity contribution in [1.29, 1.82) is 0 Å². The maximum Gasteiger partial charge on any atom is 0.214 e. The lowest BCUT2D eigenvalue weighted by Crippen LogP contribution is -2.10. The Morgan fingerprint density at radius 2 is 2.00 bits per heavy atom. The normalized spacial score (nSPS) is 11.7. The monoisotopic (exact) mass is 202 g/mol. The van der Waals surface area contributed by atoms with Crippen molar-refractivity contribution in [3.8, 4) is 11.4 Å². The van der Waals surface area contributed by atoms with E-state index in [-0.39, 0.29) is 5.41 Å². The highest BCUT2D eigenvalue weighted by Gasteiger charge is 2.14. The Hall–Kier alpha value is -1.64. The summed E-state index contributed by atoms with van der Waals surface area (Å²) in [4.78, 5) is 4.03. The molecule has 0 atom stereocenters. The van der Waals surface area contributed by atoms with E-state index in [0.29, 0.717) is 5.82 Å². The van der Waals surface area contributed by atoms with Gasteiger partial charge in [-0.2, -0.15) is 4.98 Å². The van der Waals surface area contributed by atoms with Crippen molar-refractivity contribution in [2.45, 2.75) is 26.2 Å². The molecule has 0 bridgehead atoms. The molecule has 15 heavy (non-hydrogen) atoms. The second-order valence-electron chi connectivity index (χ2n) is 4.59. The molecule has 0 saturated carbocycles. The van der Waals surface area contributed by atoms with Gasteiger partial charge in [-0.15, -0.1) is 0 Å². The van der Waals surface area contributed by atoms with Crippen LogP contribution in [0.25, 0.3) is 11.4 Å². The van der Waals surface area contributed by atoms with Gasteiger partial charge < -0.3 is 4.52 Å². The minimum atomic E-state index is 0.139. The quantitative estimate of drug-likeness (QED) is 0.713. The number of aromatic nitrogens is 2. The summed E-state index contributed by atoms with van der Waals surface area (Å²) < 4.78 is 4.73. The molecule has 0 aliphatic rings. The Bertz CT molecular complexity index is 441. The lowest BCUT2D eigenvalue weighted by molar-refractivity contribution is 0.418. The Balaban J connectivity index is 2.44. The van der Waals surface area contributed by atoms with Gasteiger partial charge in [-0.3, -0.25) is 0 Å². The molecule has 0 amide bonds. The van der Waals surface area contributed by atoms with Crippen LogP contribution in [-0.2, 0) is 5.41 Å². The van der Waals surface area contributed by atoms with Crippen LogP contribution < -0.4 is 0 Å². The fraction of sp³-hybridized carbons (Fsp3) is 0.333. The van der Waals surface area contributed by atoms with Crippen LogP contribution in [0.2, 0.25) is 0 Å². The van der Waals surface area contributed by atoms with E-state index in [1.807, 2.05) is 12.1 Å². The van der Waals surface area contributed by atoms with E-state index in [2.05, 4.69) is 43.0 Å². The molecular formula is C12H14N2O. The number of benzene rings is 1. The van der Waals surface area contributed by atoms with Crippen molar-refractivity contribution in [3.63, 3.8) is 0 Å². The van der Waals surface area contributed by atoms with Crippen molar-refractivity contribution in [2.24, 2.45) is 0 Å². The summed E-state index contributed by atoms with van der Waals surface area (Å²) >= 11 is 0. The minimum Gasteiger partial charge on any atom is -0.342 e. The van der Waals surface area contributed by atoms with Gasteiger partial charge >= 0.3 is 0 Å². The summed E-state index contributed by atoms with van der Waals surface area (Å²) in [6, 6.07) is 8.22. The van der Waals surface area contributed by atoms with Crippen LogP contribution in [0.15, 0.2) is 35.2 Å². The highest BCUT2D eigenvalue weighted by Crippen LogP contribution is 2.25. The van der Waals surface area contributed by atoms with E-state index < -0.39 is 0 Å². The van der Waals surface area contributed by atoms with Gasteiger partial charge in [0.05, 0.1) is 0 Å². The highest BCUT2D eigenvalue weighted by atomic mass is 16.5. The largest absolute Gasteiger partial charge is 0.342 e. The Labute approximate surface area is 89.1 Å². The summed E-state index contributed by atoms with van der Waals surface area (Å²) in [5, 5.41) is 3.82. The summed E-state index contributed by atoms with van der Waals surface area (Å²) in [5.74, 6) is 0.640. The second-order valence-corrected chi connectivity index (χ2v) is 4.59. The summed E-state index contributed by atoms with van der Waals surface area (Å²) in [5.41, 5.74) is 2.40. The summed E-state index contributed by atoms with van der Waals surface area (Å²) in [7, 11) is 0. The van der Waals surface area contributed by atoms with Crippen molar-refractivity contribution in [2.75, 3.05) is 0 Å². The maximum absolute atomic E-state index is 4.73. The Morgan fingerprint density at radius 3 is 2.60 bits per heavy atom. The van der Waals surface area contributed by atoms with Crippen molar-refractivity contribution >= 4 is 0 Å². The molecule has 0 radical (unpaired) electrons. The zero-order valence-corrected chi connectivity index (χ0v) is 9.19. The molecule has 3 nitrogen and oxygen atoms in total. The van der Waals surface area contributed by atoms with E-state index >= 15 is 0 Å². The van der Waals surface area contributed by atoms with Gasteiger partial charge in [0, 0.05) is 5.56 Å². The van der Waals surface area contributed by atoms with Crippen molar-refractivity contribution in [3.05, 3.63) is 36.2 Å². The third-order valence-electron chi connectivity index (χ3n) is 2.35. The number of nitrogens with zero attached hydrogens (tertiary/aromatic N) is 2. The number of hydrogen-bond donors (Lipinski definition) is 0. The molecule has 1 aromatic heterocycles. The molecule has 0 unspecified atom stereocenters. The first-order chi connectivity index (χ1) is 7.07. The first kappa shape index (κ1) is 9.90. The maximum atomic E-state index is 4.73. The van der Waals surface area contributed by atoms with Gasteiger partial charge in [-0.25, -0.2) is 0 Å². The van der Waals surface area contributed by atoms with Gasteiger partial charge in [0.2, 0.25) is 12.2 Å². The van der Waals surface area contributed by atoms with Crippen LogP contribution in [0.4, 0.5) is 0 Å². The predicted molar refractivity (Wildman–Crippen MR) is 58.4 cm³/mol. The number of hydrogen-bond acceptors (Lipinski definition) is 3. The van der Waals surface area contributed by atoms with Crippen LogP contribution in [0.1, 0.15) is 26.3 Å². The van der Waals surface area contributed by atoms with Crippen LogP contribution in [0.5, 0.6) is 0 Å². The van der Waals surface area contributed by atoms with Crippen LogP contribution in [0, 0.1) is 0 Å². The summed E-state index contributed by atoms with van der Waals surface area (Å²) in [6.45, 7) is 6.55. The fourth-order valence-electron chi connectivity index (χ4n) is 1.42. The molecule has 3 heteroatoms. The Kier molecular flexibility index (Phi) is 2.31. The van der Waals surface area contributed by atoms with E-state index in [0.717, 1.165) is 5.56 Å². The summed E-state index contributed by atoms with van der Waals surface area (Å²) in [6.07, 6.45) is 1.35. The molecule has 0 fully saturated rings. The van der Waals surface area contributed by atoms with Gasteiger partial charge in [0.15, 0.2) is 0 Å². The standard InChI is InChI=1S/C12H14N2O/c1-12(2,3)10-6-4-5-9(7-10)11-13-8-15-14-11/h4-8H,1-3H3. The molecular weight excluding hydrogens is 188 g/mol. The van der Waals surface area contributed by atoms with Gasteiger partial charge in [-0.1, -0.05) is 44.1 Å². The zero-order chi connectivity index (χ0) is 10.9. The topological polar surface area (TPSA) is 38.9 Å². The molecule has 0 N–H and O–H groups in total. The first-order valence-electron chi connectivity index (χ1n) is 4.95. The van der Waals surface area contributed by atoms with Gasteiger partial charge in [-0.05, 0) is 17.0 Å². The fourth-order valence-corrected chi connectivity index (χ4v) is 1.42. The molecule has 0 spiro atoms. The smallest absolute Gasteiger partial charge is 0.214 e.